The second-order valence-corrected chi connectivity index (χ2v) is 9.77. The number of benzene rings is 3. The molecule has 1 heterocycles. The zero-order valence-corrected chi connectivity index (χ0v) is 24.1. The van der Waals surface area contributed by atoms with Crippen LogP contribution in [0.3, 0.4) is 0 Å². The molecular formula is C30H36ClN3O6. The molecule has 0 spiro atoms. The molecule has 4 rings (SSSR count). The van der Waals surface area contributed by atoms with E-state index in [1.165, 1.54) is 0 Å². The van der Waals surface area contributed by atoms with Gasteiger partial charge in [-0.3, -0.25) is 4.90 Å². The Morgan fingerprint density at radius 1 is 0.875 bits per heavy atom. The van der Waals surface area contributed by atoms with Gasteiger partial charge < -0.3 is 33.9 Å². The zero-order valence-electron chi connectivity index (χ0n) is 23.3. The molecule has 1 atom stereocenters. The van der Waals surface area contributed by atoms with Gasteiger partial charge in [0, 0.05) is 49.9 Å². The molecule has 2 amide bonds. The summed E-state index contributed by atoms with van der Waals surface area (Å²) in [5, 5.41) is 3.63. The molecule has 1 saturated heterocycles. The predicted molar refractivity (Wildman–Crippen MR) is 155 cm³/mol. The number of piperazine rings is 1. The number of nitrogens with zero attached hydrogens (tertiary/aromatic N) is 2. The van der Waals surface area contributed by atoms with Crippen LogP contribution in [-0.4, -0.2) is 77.0 Å². The van der Waals surface area contributed by atoms with Crippen LogP contribution < -0.4 is 24.3 Å². The number of methoxy groups -OCH3 is 4. The van der Waals surface area contributed by atoms with Crippen LogP contribution >= 0.6 is 11.6 Å². The number of ether oxygens (including phenoxy) is 5. The third-order valence-electron chi connectivity index (χ3n) is 6.81. The molecule has 1 fully saturated rings. The van der Waals surface area contributed by atoms with Crippen molar-refractivity contribution in [2.24, 2.45) is 0 Å². The van der Waals surface area contributed by atoms with Crippen LogP contribution in [-0.2, 0) is 11.3 Å². The van der Waals surface area contributed by atoms with Crippen molar-refractivity contribution in [1.82, 2.24) is 9.80 Å². The molecule has 214 valence electrons. The van der Waals surface area contributed by atoms with E-state index in [4.69, 9.17) is 35.3 Å². The monoisotopic (exact) mass is 569 g/mol. The average Bonchev–Trinajstić information content (AvgIpc) is 2.99. The van der Waals surface area contributed by atoms with E-state index in [1.807, 2.05) is 48.5 Å². The minimum absolute atomic E-state index is 0.185. The first-order valence-corrected chi connectivity index (χ1v) is 13.4. The molecular weight excluding hydrogens is 534 g/mol. The SMILES string of the molecule is COc1cccc([C@@H](CN2CCN(C(=O)Nc3cc(OC)c(OC)c(OC)c3)CC2)OCc2cccc(Cl)c2)c1. The van der Waals surface area contributed by atoms with Crippen molar-refractivity contribution in [1.29, 1.82) is 0 Å². The number of rotatable bonds is 11. The number of carbonyl (C=O) groups is 1. The van der Waals surface area contributed by atoms with Crippen molar-refractivity contribution in [2.75, 3.05) is 66.5 Å². The fraction of sp³-hybridized carbons (Fsp3) is 0.367. The summed E-state index contributed by atoms with van der Waals surface area (Å²) >= 11 is 6.17. The van der Waals surface area contributed by atoms with E-state index in [-0.39, 0.29) is 12.1 Å². The first kappa shape index (κ1) is 29.3. The lowest BCUT2D eigenvalue weighted by Gasteiger charge is -2.36. The van der Waals surface area contributed by atoms with Crippen molar-refractivity contribution >= 4 is 23.3 Å². The van der Waals surface area contributed by atoms with E-state index in [0.29, 0.717) is 67.3 Å². The summed E-state index contributed by atoms with van der Waals surface area (Å²) in [5.41, 5.74) is 2.60. The maximum Gasteiger partial charge on any atom is 0.321 e. The van der Waals surface area contributed by atoms with Gasteiger partial charge in [-0.2, -0.15) is 0 Å². The number of amides is 2. The van der Waals surface area contributed by atoms with Gasteiger partial charge >= 0.3 is 6.03 Å². The Morgan fingerprint density at radius 2 is 1.57 bits per heavy atom. The lowest BCUT2D eigenvalue weighted by atomic mass is 10.1. The lowest BCUT2D eigenvalue weighted by molar-refractivity contribution is 0.00584. The Morgan fingerprint density at radius 3 is 2.20 bits per heavy atom. The Balaban J connectivity index is 1.38. The number of hydrogen-bond donors (Lipinski definition) is 1. The maximum absolute atomic E-state index is 13.1. The van der Waals surface area contributed by atoms with Crippen molar-refractivity contribution < 1.29 is 28.5 Å². The molecule has 0 aromatic heterocycles. The van der Waals surface area contributed by atoms with Gasteiger partial charge in [-0.15, -0.1) is 0 Å². The second-order valence-electron chi connectivity index (χ2n) is 9.34. The van der Waals surface area contributed by atoms with E-state index < -0.39 is 0 Å². The number of hydrogen-bond acceptors (Lipinski definition) is 7. The summed E-state index contributed by atoms with van der Waals surface area (Å²) < 4.78 is 28.0. The highest BCUT2D eigenvalue weighted by Crippen LogP contribution is 2.40. The fourth-order valence-corrected chi connectivity index (χ4v) is 4.86. The molecule has 0 bridgehead atoms. The molecule has 0 unspecified atom stereocenters. The number of anilines is 1. The number of urea groups is 1. The molecule has 1 N–H and O–H groups in total. The molecule has 40 heavy (non-hydrogen) atoms. The van der Waals surface area contributed by atoms with Crippen LogP contribution in [0.2, 0.25) is 5.02 Å². The largest absolute Gasteiger partial charge is 0.497 e. The third-order valence-corrected chi connectivity index (χ3v) is 7.04. The molecule has 0 aliphatic carbocycles. The summed E-state index contributed by atoms with van der Waals surface area (Å²) in [6.07, 6.45) is -0.186. The topological polar surface area (TPSA) is 81.7 Å². The molecule has 3 aromatic rings. The van der Waals surface area contributed by atoms with E-state index in [9.17, 15) is 4.79 Å². The Labute approximate surface area is 240 Å². The summed E-state index contributed by atoms with van der Waals surface area (Å²) in [7, 11) is 6.28. The van der Waals surface area contributed by atoms with E-state index in [1.54, 1.807) is 45.5 Å². The first-order chi connectivity index (χ1) is 19.4. The summed E-state index contributed by atoms with van der Waals surface area (Å²) in [5.74, 6) is 2.20. The van der Waals surface area contributed by atoms with Crippen molar-refractivity contribution in [3.8, 4) is 23.0 Å². The van der Waals surface area contributed by atoms with Gasteiger partial charge in [0.05, 0.1) is 46.8 Å². The second kappa shape index (κ2) is 14.1. The first-order valence-electron chi connectivity index (χ1n) is 13.0. The standard InChI is InChI=1S/C30H36ClN3O6/c1-36-25-10-6-8-22(16-25)28(40-20-21-7-5-9-23(31)15-21)19-33-11-13-34(14-12-33)30(35)32-24-17-26(37-2)29(39-4)27(18-24)38-3/h5-10,15-18,28H,11-14,19-20H2,1-4H3,(H,32,35)/t28-/m1/s1. The average molecular weight is 570 g/mol. The van der Waals surface area contributed by atoms with Crippen LogP contribution in [0.15, 0.2) is 60.7 Å². The van der Waals surface area contributed by atoms with Gasteiger partial charge in [-0.25, -0.2) is 4.79 Å². The van der Waals surface area contributed by atoms with Crippen molar-refractivity contribution in [3.05, 3.63) is 76.8 Å². The highest BCUT2D eigenvalue weighted by Gasteiger charge is 2.25. The minimum atomic E-state index is -0.186. The minimum Gasteiger partial charge on any atom is -0.497 e. The molecule has 0 radical (unpaired) electrons. The third kappa shape index (κ3) is 7.50. The van der Waals surface area contributed by atoms with Gasteiger partial charge in [-0.1, -0.05) is 35.9 Å². The van der Waals surface area contributed by atoms with Crippen LogP contribution in [0.1, 0.15) is 17.2 Å². The predicted octanol–water partition coefficient (Wildman–Crippen LogP) is 5.48. The maximum atomic E-state index is 13.1. The highest BCUT2D eigenvalue weighted by molar-refractivity contribution is 6.30. The van der Waals surface area contributed by atoms with E-state index in [0.717, 1.165) is 16.9 Å². The molecule has 1 aliphatic rings. The van der Waals surface area contributed by atoms with E-state index in [2.05, 4.69) is 10.2 Å². The Hall–Kier alpha value is -3.66. The Kier molecular flexibility index (Phi) is 10.3. The lowest BCUT2D eigenvalue weighted by Crippen LogP contribution is -2.50. The van der Waals surface area contributed by atoms with Crippen LogP contribution in [0.4, 0.5) is 10.5 Å². The van der Waals surface area contributed by atoms with Crippen LogP contribution in [0.25, 0.3) is 0 Å². The number of halogens is 1. The quantitative estimate of drug-likeness (QED) is 0.327. The number of nitrogens with one attached hydrogen (secondary N) is 1. The fourth-order valence-electron chi connectivity index (χ4n) is 4.64. The van der Waals surface area contributed by atoms with Gasteiger partial charge in [0.1, 0.15) is 5.75 Å². The van der Waals surface area contributed by atoms with Crippen LogP contribution in [0.5, 0.6) is 23.0 Å². The highest BCUT2D eigenvalue weighted by atomic mass is 35.5. The van der Waals surface area contributed by atoms with E-state index >= 15 is 0 Å². The smallest absolute Gasteiger partial charge is 0.321 e. The summed E-state index contributed by atoms with van der Waals surface area (Å²) in [4.78, 5) is 17.2. The number of carbonyl (C=O) groups excluding carboxylic acids is 1. The van der Waals surface area contributed by atoms with Gasteiger partial charge in [0.2, 0.25) is 5.75 Å². The van der Waals surface area contributed by atoms with Crippen LogP contribution in [0, 0.1) is 0 Å². The normalized spacial score (nSPS) is 14.4. The van der Waals surface area contributed by atoms with Crippen molar-refractivity contribution in [2.45, 2.75) is 12.7 Å². The Bertz CT molecular complexity index is 1260. The van der Waals surface area contributed by atoms with Gasteiger partial charge in [0.15, 0.2) is 11.5 Å². The molecule has 9 nitrogen and oxygen atoms in total. The zero-order chi connectivity index (χ0) is 28.5. The molecule has 3 aromatic carbocycles. The molecule has 1 aliphatic heterocycles. The van der Waals surface area contributed by atoms with Gasteiger partial charge in [-0.05, 0) is 35.4 Å². The summed E-state index contributed by atoms with van der Waals surface area (Å²) in [6, 6.07) is 18.9. The molecule has 10 heteroatoms. The molecule has 0 saturated carbocycles. The van der Waals surface area contributed by atoms with Gasteiger partial charge in [0.25, 0.3) is 0 Å². The van der Waals surface area contributed by atoms with Crippen molar-refractivity contribution in [3.63, 3.8) is 0 Å². The summed E-state index contributed by atoms with van der Waals surface area (Å²) in [6.45, 7) is 3.69.